The SMILES string of the molecule is CCC(C)Nc1ccc(C(=O)Nc2ccc(OC)cc2OC)nn1. The molecule has 1 heterocycles. The number of benzene rings is 1. The lowest BCUT2D eigenvalue weighted by Crippen LogP contribution is -2.17. The molecule has 7 nitrogen and oxygen atoms in total. The molecule has 24 heavy (non-hydrogen) atoms. The van der Waals surface area contributed by atoms with Gasteiger partial charge in [-0.1, -0.05) is 6.92 Å². The molecule has 2 N–H and O–H groups in total. The first-order chi connectivity index (χ1) is 11.6. The summed E-state index contributed by atoms with van der Waals surface area (Å²) in [4.78, 5) is 12.3. The van der Waals surface area contributed by atoms with Gasteiger partial charge in [-0.3, -0.25) is 4.79 Å². The van der Waals surface area contributed by atoms with Crippen molar-refractivity contribution in [3.63, 3.8) is 0 Å². The number of ether oxygens (including phenoxy) is 2. The predicted octanol–water partition coefficient (Wildman–Crippen LogP) is 2.96. The minimum atomic E-state index is -0.360. The summed E-state index contributed by atoms with van der Waals surface area (Å²) in [5, 5.41) is 13.9. The van der Waals surface area contributed by atoms with Crippen LogP contribution in [0.5, 0.6) is 11.5 Å². The van der Waals surface area contributed by atoms with Crippen LogP contribution in [0.4, 0.5) is 11.5 Å². The molecule has 0 saturated heterocycles. The van der Waals surface area contributed by atoms with Gasteiger partial charge in [0, 0.05) is 12.1 Å². The molecule has 0 radical (unpaired) electrons. The van der Waals surface area contributed by atoms with Gasteiger partial charge in [-0.05, 0) is 37.6 Å². The summed E-state index contributed by atoms with van der Waals surface area (Å²) in [5.74, 6) is 1.43. The van der Waals surface area contributed by atoms with Gasteiger partial charge in [-0.2, -0.15) is 0 Å². The van der Waals surface area contributed by atoms with E-state index in [9.17, 15) is 4.79 Å². The Hall–Kier alpha value is -2.83. The van der Waals surface area contributed by atoms with E-state index in [2.05, 4.69) is 34.7 Å². The Kier molecular flexibility index (Phi) is 5.95. The molecule has 0 saturated carbocycles. The zero-order valence-electron chi connectivity index (χ0n) is 14.3. The molecule has 2 rings (SSSR count). The van der Waals surface area contributed by atoms with E-state index in [1.807, 2.05) is 0 Å². The molecule has 0 spiro atoms. The lowest BCUT2D eigenvalue weighted by molar-refractivity contribution is 0.102. The Morgan fingerprint density at radius 1 is 1.17 bits per heavy atom. The Bertz CT molecular complexity index is 689. The van der Waals surface area contributed by atoms with Crippen molar-refractivity contribution in [3.8, 4) is 11.5 Å². The van der Waals surface area contributed by atoms with Crippen molar-refractivity contribution in [2.75, 3.05) is 24.9 Å². The number of amides is 1. The van der Waals surface area contributed by atoms with Gasteiger partial charge >= 0.3 is 0 Å². The lowest BCUT2D eigenvalue weighted by Gasteiger charge is -2.12. The maximum Gasteiger partial charge on any atom is 0.276 e. The minimum Gasteiger partial charge on any atom is -0.497 e. The van der Waals surface area contributed by atoms with E-state index in [1.54, 1.807) is 37.4 Å². The fourth-order valence-electron chi connectivity index (χ4n) is 1.97. The van der Waals surface area contributed by atoms with Crippen LogP contribution in [0, 0.1) is 0 Å². The van der Waals surface area contributed by atoms with Crippen LogP contribution in [-0.4, -0.2) is 36.4 Å². The minimum absolute atomic E-state index is 0.225. The van der Waals surface area contributed by atoms with E-state index in [4.69, 9.17) is 9.47 Å². The number of aromatic nitrogens is 2. The highest BCUT2D eigenvalue weighted by molar-refractivity contribution is 6.03. The number of rotatable bonds is 7. The molecule has 7 heteroatoms. The number of nitrogens with one attached hydrogen (secondary N) is 2. The Morgan fingerprint density at radius 2 is 1.96 bits per heavy atom. The number of nitrogens with zero attached hydrogens (tertiary/aromatic N) is 2. The fraction of sp³-hybridized carbons (Fsp3) is 0.353. The topological polar surface area (TPSA) is 85.4 Å². The number of methoxy groups -OCH3 is 2. The van der Waals surface area contributed by atoms with Crippen molar-refractivity contribution in [3.05, 3.63) is 36.0 Å². The second kappa shape index (κ2) is 8.14. The molecule has 0 aliphatic carbocycles. The summed E-state index contributed by atoms with van der Waals surface area (Å²) in [7, 11) is 3.09. The van der Waals surface area contributed by atoms with Crippen molar-refractivity contribution in [1.29, 1.82) is 0 Å². The molecule has 128 valence electrons. The van der Waals surface area contributed by atoms with E-state index in [-0.39, 0.29) is 11.6 Å². The smallest absolute Gasteiger partial charge is 0.276 e. The number of carbonyl (C=O) groups excluding carboxylic acids is 1. The molecule has 0 aliphatic rings. The molecule has 1 aromatic carbocycles. The van der Waals surface area contributed by atoms with Crippen LogP contribution in [0.3, 0.4) is 0 Å². The first kappa shape index (κ1) is 17.5. The van der Waals surface area contributed by atoms with Crippen LogP contribution in [0.25, 0.3) is 0 Å². The monoisotopic (exact) mass is 330 g/mol. The normalized spacial score (nSPS) is 11.5. The predicted molar refractivity (Wildman–Crippen MR) is 92.9 cm³/mol. The van der Waals surface area contributed by atoms with Gasteiger partial charge in [0.2, 0.25) is 0 Å². The maximum atomic E-state index is 12.3. The van der Waals surface area contributed by atoms with Crippen LogP contribution < -0.4 is 20.1 Å². The molecule has 0 bridgehead atoms. The Labute approximate surface area is 141 Å². The summed E-state index contributed by atoms with van der Waals surface area (Å²) in [6.45, 7) is 4.13. The van der Waals surface area contributed by atoms with Crippen LogP contribution in [0.2, 0.25) is 0 Å². The number of hydrogen-bond acceptors (Lipinski definition) is 6. The summed E-state index contributed by atoms with van der Waals surface area (Å²) in [6, 6.07) is 8.80. The first-order valence-corrected chi connectivity index (χ1v) is 7.71. The van der Waals surface area contributed by atoms with Gasteiger partial charge in [0.1, 0.15) is 17.3 Å². The molecule has 1 unspecified atom stereocenters. The highest BCUT2D eigenvalue weighted by Gasteiger charge is 2.13. The summed E-state index contributed by atoms with van der Waals surface area (Å²) in [6.07, 6.45) is 0.973. The van der Waals surface area contributed by atoms with Crippen molar-refractivity contribution in [2.45, 2.75) is 26.3 Å². The third-order valence-electron chi connectivity index (χ3n) is 3.56. The third-order valence-corrected chi connectivity index (χ3v) is 3.56. The van der Waals surface area contributed by atoms with Gasteiger partial charge in [-0.25, -0.2) is 0 Å². The molecule has 2 aromatic rings. The standard InChI is InChI=1S/C17H22N4O3/c1-5-11(2)18-16-9-8-14(20-21-16)17(22)19-13-7-6-12(23-3)10-15(13)24-4/h6-11H,5H2,1-4H3,(H,18,21)(H,19,22). The lowest BCUT2D eigenvalue weighted by atomic mass is 10.2. The Balaban J connectivity index is 2.09. The molecule has 0 aliphatic heterocycles. The van der Waals surface area contributed by atoms with Gasteiger partial charge in [0.05, 0.1) is 19.9 Å². The molecular weight excluding hydrogens is 308 g/mol. The number of anilines is 2. The van der Waals surface area contributed by atoms with Gasteiger partial charge in [0.15, 0.2) is 5.69 Å². The highest BCUT2D eigenvalue weighted by atomic mass is 16.5. The van der Waals surface area contributed by atoms with Crippen molar-refractivity contribution in [2.24, 2.45) is 0 Å². The van der Waals surface area contributed by atoms with Crippen LogP contribution in [0.1, 0.15) is 30.8 Å². The summed E-state index contributed by atoms with van der Waals surface area (Å²) in [5.41, 5.74) is 0.759. The van der Waals surface area contributed by atoms with Crippen LogP contribution in [-0.2, 0) is 0 Å². The average Bonchev–Trinajstić information content (AvgIpc) is 2.62. The number of hydrogen-bond donors (Lipinski definition) is 2. The summed E-state index contributed by atoms with van der Waals surface area (Å²) < 4.78 is 10.4. The molecular formula is C17H22N4O3. The second-order valence-electron chi connectivity index (χ2n) is 5.28. The molecule has 1 aromatic heterocycles. The van der Waals surface area contributed by atoms with Crippen molar-refractivity contribution in [1.82, 2.24) is 10.2 Å². The van der Waals surface area contributed by atoms with Crippen LogP contribution in [0.15, 0.2) is 30.3 Å². The molecule has 1 atom stereocenters. The fourth-order valence-corrected chi connectivity index (χ4v) is 1.97. The van der Waals surface area contributed by atoms with E-state index in [0.717, 1.165) is 6.42 Å². The van der Waals surface area contributed by atoms with E-state index >= 15 is 0 Å². The zero-order chi connectivity index (χ0) is 17.5. The average molecular weight is 330 g/mol. The Morgan fingerprint density at radius 3 is 2.54 bits per heavy atom. The quantitative estimate of drug-likeness (QED) is 0.812. The maximum absolute atomic E-state index is 12.3. The van der Waals surface area contributed by atoms with Gasteiger partial charge in [-0.15, -0.1) is 10.2 Å². The molecule has 0 fully saturated rings. The van der Waals surface area contributed by atoms with Gasteiger partial charge in [0.25, 0.3) is 5.91 Å². The van der Waals surface area contributed by atoms with Crippen LogP contribution >= 0.6 is 0 Å². The first-order valence-electron chi connectivity index (χ1n) is 7.71. The largest absolute Gasteiger partial charge is 0.497 e. The van der Waals surface area contributed by atoms with E-state index in [0.29, 0.717) is 29.0 Å². The molecule has 1 amide bonds. The summed E-state index contributed by atoms with van der Waals surface area (Å²) >= 11 is 0. The van der Waals surface area contributed by atoms with E-state index in [1.165, 1.54) is 7.11 Å². The number of carbonyl (C=O) groups is 1. The third kappa shape index (κ3) is 4.34. The van der Waals surface area contributed by atoms with Gasteiger partial charge < -0.3 is 20.1 Å². The highest BCUT2D eigenvalue weighted by Crippen LogP contribution is 2.29. The zero-order valence-corrected chi connectivity index (χ0v) is 14.3. The second-order valence-corrected chi connectivity index (χ2v) is 5.28. The van der Waals surface area contributed by atoms with Crippen molar-refractivity contribution < 1.29 is 14.3 Å². The van der Waals surface area contributed by atoms with Crippen molar-refractivity contribution >= 4 is 17.4 Å². The van der Waals surface area contributed by atoms with E-state index < -0.39 is 0 Å².